The van der Waals surface area contributed by atoms with Gasteiger partial charge in [-0.25, -0.2) is 4.79 Å². The van der Waals surface area contributed by atoms with E-state index >= 15 is 0 Å². The summed E-state index contributed by atoms with van der Waals surface area (Å²) >= 11 is 0. The first kappa shape index (κ1) is 16.0. The molecule has 4 heteroatoms. The third-order valence-corrected chi connectivity index (χ3v) is 2.88. The summed E-state index contributed by atoms with van der Waals surface area (Å²) in [6.45, 7) is 8.69. The van der Waals surface area contributed by atoms with Crippen molar-refractivity contribution < 1.29 is 14.3 Å². The van der Waals surface area contributed by atoms with Gasteiger partial charge >= 0.3 is 6.09 Å². The van der Waals surface area contributed by atoms with Gasteiger partial charge in [-0.2, -0.15) is 0 Å². The first-order valence-corrected chi connectivity index (χ1v) is 7.19. The summed E-state index contributed by atoms with van der Waals surface area (Å²) < 4.78 is 11.4. The van der Waals surface area contributed by atoms with Crippen LogP contribution in [0.5, 0.6) is 0 Å². The van der Waals surface area contributed by atoms with Gasteiger partial charge in [-0.1, -0.05) is 6.08 Å². The second-order valence-corrected chi connectivity index (χ2v) is 5.91. The molecule has 2 unspecified atom stereocenters. The van der Waals surface area contributed by atoms with E-state index in [-0.39, 0.29) is 23.9 Å². The lowest BCUT2D eigenvalue weighted by atomic mass is 10.0. The summed E-state index contributed by atoms with van der Waals surface area (Å²) in [4.78, 5) is 11.4. The highest BCUT2D eigenvalue weighted by Gasteiger charge is 2.21. The minimum absolute atomic E-state index is 0.122. The van der Waals surface area contributed by atoms with Crippen LogP contribution in [0.4, 0.5) is 4.79 Å². The first-order valence-electron chi connectivity index (χ1n) is 7.19. The minimum atomic E-state index is -0.342. The maximum absolute atomic E-state index is 11.4. The molecule has 1 N–H and O–H groups in total. The van der Waals surface area contributed by atoms with Crippen LogP contribution in [0.3, 0.4) is 0 Å². The normalized spacial score (nSPS) is 26.1. The van der Waals surface area contributed by atoms with Crippen molar-refractivity contribution in [3.63, 3.8) is 0 Å². The molecule has 0 spiro atoms. The summed E-state index contributed by atoms with van der Waals surface area (Å²) in [5.41, 5.74) is -0.122. The quantitative estimate of drug-likeness (QED) is 0.799. The molecule has 0 fully saturated rings. The third kappa shape index (κ3) is 7.21. The maximum Gasteiger partial charge on any atom is 0.407 e. The van der Waals surface area contributed by atoms with Crippen LogP contribution in [0.15, 0.2) is 12.2 Å². The summed E-state index contributed by atoms with van der Waals surface area (Å²) in [6, 6.07) is 0. The number of hydrogen-bond acceptors (Lipinski definition) is 3. The molecule has 1 aliphatic rings. The van der Waals surface area contributed by atoms with E-state index in [1.165, 1.54) is 0 Å². The van der Waals surface area contributed by atoms with Gasteiger partial charge in [0.25, 0.3) is 0 Å². The van der Waals surface area contributed by atoms with Crippen molar-refractivity contribution in [2.75, 3.05) is 6.54 Å². The van der Waals surface area contributed by atoms with Crippen molar-refractivity contribution in [2.45, 2.75) is 71.2 Å². The summed E-state index contributed by atoms with van der Waals surface area (Å²) in [7, 11) is 0. The Balaban J connectivity index is 2.46. The monoisotopic (exact) mass is 269 g/mol. The number of hydrogen-bond donors (Lipinski definition) is 1. The fraction of sp³-hybridized carbons (Fsp3) is 0.800. The zero-order valence-corrected chi connectivity index (χ0v) is 12.6. The van der Waals surface area contributed by atoms with Gasteiger partial charge in [0.05, 0.1) is 11.7 Å². The number of alkyl carbamates (subject to hydrolysis) is 1. The lowest BCUT2D eigenvalue weighted by molar-refractivity contribution is -0.0696. The second kappa shape index (κ2) is 7.53. The van der Waals surface area contributed by atoms with Gasteiger partial charge < -0.3 is 14.8 Å². The van der Waals surface area contributed by atoms with E-state index in [0.717, 1.165) is 25.7 Å². The first-order chi connectivity index (χ1) is 8.90. The number of nitrogens with one attached hydrogen (secondary N) is 1. The summed E-state index contributed by atoms with van der Waals surface area (Å²) in [6.07, 6.45) is 7.57. The van der Waals surface area contributed by atoms with E-state index in [1.807, 2.05) is 13.0 Å². The van der Waals surface area contributed by atoms with E-state index in [1.54, 1.807) is 0 Å². The minimum Gasteiger partial charge on any atom is -0.442 e. The van der Waals surface area contributed by atoms with Crippen LogP contribution < -0.4 is 5.32 Å². The molecule has 0 aromatic heterocycles. The van der Waals surface area contributed by atoms with Gasteiger partial charge in [-0.3, -0.25) is 0 Å². The Kier molecular flexibility index (Phi) is 6.35. The van der Waals surface area contributed by atoms with Crippen molar-refractivity contribution in [3.8, 4) is 0 Å². The molecule has 110 valence electrons. The molecule has 2 atom stereocenters. The number of allylic oxidation sites excluding steroid dienone is 1. The summed E-state index contributed by atoms with van der Waals surface area (Å²) in [5, 5.41) is 2.65. The fourth-order valence-electron chi connectivity index (χ4n) is 2.16. The zero-order chi connectivity index (χ0) is 14.3. The molecule has 0 bridgehead atoms. The summed E-state index contributed by atoms with van der Waals surface area (Å²) in [5.74, 6) is 0. The molecule has 0 radical (unpaired) electrons. The second-order valence-electron chi connectivity index (χ2n) is 5.91. The average molecular weight is 269 g/mol. The number of rotatable bonds is 3. The molecular weight excluding hydrogens is 242 g/mol. The van der Waals surface area contributed by atoms with Crippen molar-refractivity contribution in [3.05, 3.63) is 12.2 Å². The van der Waals surface area contributed by atoms with E-state index < -0.39 is 0 Å². The van der Waals surface area contributed by atoms with Gasteiger partial charge in [0.15, 0.2) is 0 Å². The van der Waals surface area contributed by atoms with E-state index in [2.05, 4.69) is 32.2 Å². The Labute approximate surface area is 116 Å². The molecule has 0 heterocycles. The van der Waals surface area contributed by atoms with Crippen molar-refractivity contribution in [1.82, 2.24) is 5.32 Å². The van der Waals surface area contributed by atoms with Crippen LogP contribution in [-0.2, 0) is 9.47 Å². The number of ether oxygens (including phenoxy) is 2. The van der Waals surface area contributed by atoms with E-state index in [0.29, 0.717) is 6.54 Å². The largest absolute Gasteiger partial charge is 0.442 e. The van der Waals surface area contributed by atoms with Crippen molar-refractivity contribution in [2.24, 2.45) is 0 Å². The lowest BCUT2D eigenvalue weighted by Crippen LogP contribution is -2.31. The van der Waals surface area contributed by atoms with E-state index in [9.17, 15) is 4.79 Å². The van der Waals surface area contributed by atoms with Crippen LogP contribution in [0.2, 0.25) is 0 Å². The predicted molar refractivity (Wildman–Crippen MR) is 76.2 cm³/mol. The van der Waals surface area contributed by atoms with Gasteiger partial charge in [0, 0.05) is 6.54 Å². The molecule has 0 saturated carbocycles. The molecule has 1 rings (SSSR count). The number of carbonyl (C=O) groups is 1. The van der Waals surface area contributed by atoms with Crippen LogP contribution in [0.1, 0.15) is 53.4 Å². The lowest BCUT2D eigenvalue weighted by Gasteiger charge is -2.29. The van der Waals surface area contributed by atoms with Gasteiger partial charge in [-0.05, 0) is 59.5 Å². The molecular formula is C15H27NO3. The highest BCUT2D eigenvalue weighted by molar-refractivity contribution is 5.67. The Bertz CT molecular complexity index is 307. The average Bonchev–Trinajstić information content (AvgIpc) is 2.25. The fourth-order valence-corrected chi connectivity index (χ4v) is 2.16. The smallest absolute Gasteiger partial charge is 0.407 e. The highest BCUT2D eigenvalue weighted by atomic mass is 16.6. The maximum atomic E-state index is 11.4. The van der Waals surface area contributed by atoms with Gasteiger partial charge in [0.2, 0.25) is 0 Å². The molecule has 1 aliphatic carbocycles. The van der Waals surface area contributed by atoms with Crippen LogP contribution in [-0.4, -0.2) is 30.4 Å². The van der Waals surface area contributed by atoms with Gasteiger partial charge in [0.1, 0.15) is 6.10 Å². The Morgan fingerprint density at radius 1 is 1.32 bits per heavy atom. The van der Waals surface area contributed by atoms with Crippen molar-refractivity contribution in [1.29, 1.82) is 0 Å². The number of amides is 1. The molecule has 0 aromatic carbocycles. The van der Waals surface area contributed by atoms with E-state index in [4.69, 9.17) is 9.47 Å². The molecule has 4 nitrogen and oxygen atoms in total. The highest BCUT2D eigenvalue weighted by Crippen LogP contribution is 2.22. The number of carbonyl (C=O) groups excluding carboxylic acids is 1. The standard InChI is InChI=1S/C15H27NO3/c1-5-16-14(17)18-12-8-6-7-9-13(11-10-12)19-15(2,3)4/h6,8,12-13H,5,7,9-11H2,1-4H3,(H,16,17)/b8-6+. The van der Waals surface area contributed by atoms with Crippen molar-refractivity contribution >= 4 is 6.09 Å². The van der Waals surface area contributed by atoms with Crippen LogP contribution in [0.25, 0.3) is 0 Å². The third-order valence-electron chi connectivity index (χ3n) is 2.88. The molecule has 0 aromatic rings. The van der Waals surface area contributed by atoms with Crippen LogP contribution >= 0.6 is 0 Å². The Hall–Kier alpha value is -1.03. The SMILES string of the molecule is CCNC(=O)OC1/C=C/CCC(OC(C)(C)C)CC1. The Morgan fingerprint density at radius 2 is 2.05 bits per heavy atom. The van der Waals surface area contributed by atoms with Gasteiger partial charge in [-0.15, -0.1) is 0 Å². The molecule has 1 amide bonds. The molecule has 0 aliphatic heterocycles. The molecule has 19 heavy (non-hydrogen) atoms. The topological polar surface area (TPSA) is 47.6 Å². The Morgan fingerprint density at radius 3 is 2.68 bits per heavy atom. The molecule has 0 saturated heterocycles. The zero-order valence-electron chi connectivity index (χ0n) is 12.6. The van der Waals surface area contributed by atoms with Crippen LogP contribution in [0, 0.1) is 0 Å². The predicted octanol–water partition coefficient (Wildman–Crippen LogP) is 3.42.